The summed E-state index contributed by atoms with van der Waals surface area (Å²) >= 11 is 7.68. The molecule has 1 aliphatic heterocycles. The standard InChI is InChI=1S/C34H36ClF3N4O5S/c1-18-13-23(30-29(39-18)25(16-48-30)32(44)45)22-14-20(35)5-8-27(22)46-12-11-42-19(2)40-26-7-6-21(15-24(26)31(42)43)41-10-9-28(33(3,4)17-41)47-34(36,37)38/h5,8,13-14,16,21,28H,6-7,9-12,15,17H2,1-4H3,(H,44,45)/t21-,28+/m0/s1. The summed E-state index contributed by atoms with van der Waals surface area (Å²) in [6, 6.07) is 7.11. The number of aryl methyl sites for hydroxylation is 3. The van der Waals surface area contributed by atoms with E-state index in [4.69, 9.17) is 21.3 Å². The van der Waals surface area contributed by atoms with Gasteiger partial charge in [0.05, 0.1) is 34.1 Å². The molecule has 9 nitrogen and oxygen atoms in total. The average molecular weight is 705 g/mol. The number of piperidine rings is 1. The second-order valence-electron chi connectivity index (χ2n) is 13.2. The number of aromatic nitrogens is 3. The van der Waals surface area contributed by atoms with Crippen LogP contribution in [0.1, 0.15) is 59.8 Å². The van der Waals surface area contributed by atoms with Gasteiger partial charge in [0.2, 0.25) is 0 Å². The fourth-order valence-corrected chi connectivity index (χ4v) is 8.21. The van der Waals surface area contributed by atoms with Crippen molar-refractivity contribution in [3.63, 3.8) is 0 Å². The predicted octanol–water partition coefficient (Wildman–Crippen LogP) is 7.06. The van der Waals surface area contributed by atoms with Gasteiger partial charge >= 0.3 is 12.3 Å². The van der Waals surface area contributed by atoms with Crippen molar-refractivity contribution in [2.45, 2.75) is 78.4 Å². The molecule has 256 valence electrons. The number of halogens is 4. The van der Waals surface area contributed by atoms with E-state index in [0.717, 1.165) is 17.7 Å². The van der Waals surface area contributed by atoms with Crippen LogP contribution in [0.2, 0.25) is 5.02 Å². The van der Waals surface area contributed by atoms with Crippen LogP contribution in [-0.4, -0.2) is 68.7 Å². The molecule has 2 atom stereocenters. The number of carboxylic acids is 1. The lowest BCUT2D eigenvalue weighted by atomic mass is 9.79. The number of ether oxygens (including phenoxy) is 2. The Hall–Kier alpha value is -3.52. The summed E-state index contributed by atoms with van der Waals surface area (Å²) in [6.07, 6.45) is -3.48. The fraction of sp³-hybridized carbons (Fsp3) is 0.471. The number of rotatable bonds is 8. The Kier molecular flexibility index (Phi) is 9.35. The minimum atomic E-state index is -4.68. The summed E-state index contributed by atoms with van der Waals surface area (Å²) < 4.78 is 52.0. The van der Waals surface area contributed by atoms with Gasteiger partial charge in [0.25, 0.3) is 5.56 Å². The number of carbonyl (C=O) groups is 1. The molecule has 1 N–H and O–H groups in total. The molecule has 3 aromatic heterocycles. The highest BCUT2D eigenvalue weighted by atomic mass is 35.5. The minimum absolute atomic E-state index is 0.0155. The van der Waals surface area contributed by atoms with E-state index < -0.39 is 23.9 Å². The molecule has 14 heteroatoms. The van der Waals surface area contributed by atoms with Gasteiger partial charge in [0.15, 0.2) is 0 Å². The Morgan fingerprint density at radius 3 is 2.65 bits per heavy atom. The number of hydrogen-bond acceptors (Lipinski definition) is 8. The van der Waals surface area contributed by atoms with Crippen molar-refractivity contribution < 1.29 is 32.5 Å². The van der Waals surface area contributed by atoms with E-state index in [1.807, 2.05) is 6.07 Å². The van der Waals surface area contributed by atoms with Gasteiger partial charge in [-0.3, -0.25) is 24.0 Å². The van der Waals surface area contributed by atoms with E-state index in [1.54, 1.807) is 55.8 Å². The van der Waals surface area contributed by atoms with Crippen molar-refractivity contribution in [1.29, 1.82) is 0 Å². The van der Waals surface area contributed by atoms with Gasteiger partial charge in [0.1, 0.15) is 18.2 Å². The Bertz CT molecular complexity index is 1940. The normalized spacial score (nSPS) is 19.8. The fourth-order valence-electron chi connectivity index (χ4n) is 7.03. The first-order chi connectivity index (χ1) is 22.6. The molecule has 0 amide bonds. The number of alkyl halides is 3. The number of aromatic carboxylic acids is 1. The van der Waals surface area contributed by atoms with Gasteiger partial charge in [0, 0.05) is 57.3 Å². The van der Waals surface area contributed by atoms with Crippen molar-refractivity contribution in [2.75, 3.05) is 19.7 Å². The lowest BCUT2D eigenvalue weighted by Crippen LogP contribution is -2.55. The van der Waals surface area contributed by atoms with Crippen LogP contribution >= 0.6 is 22.9 Å². The number of hydrogen-bond donors (Lipinski definition) is 1. The maximum Gasteiger partial charge on any atom is 0.522 e. The van der Waals surface area contributed by atoms with Crippen LogP contribution in [0.15, 0.2) is 34.4 Å². The van der Waals surface area contributed by atoms with Crippen LogP contribution in [-0.2, 0) is 24.1 Å². The van der Waals surface area contributed by atoms with E-state index in [1.165, 1.54) is 11.3 Å². The van der Waals surface area contributed by atoms with Crippen molar-refractivity contribution in [3.8, 4) is 16.9 Å². The monoisotopic (exact) mass is 704 g/mol. The van der Waals surface area contributed by atoms with Crippen LogP contribution in [0.3, 0.4) is 0 Å². The molecular weight excluding hydrogens is 669 g/mol. The summed E-state index contributed by atoms with van der Waals surface area (Å²) in [7, 11) is 0. The summed E-state index contributed by atoms with van der Waals surface area (Å²) in [5.41, 5.74) is 3.17. The third-order valence-electron chi connectivity index (χ3n) is 9.33. The minimum Gasteiger partial charge on any atom is -0.491 e. The molecule has 0 saturated carbocycles. The Balaban J connectivity index is 1.20. The number of fused-ring (bicyclic) bond motifs is 2. The molecule has 0 unspecified atom stereocenters. The maximum atomic E-state index is 13.8. The van der Waals surface area contributed by atoms with Gasteiger partial charge in [-0.1, -0.05) is 25.4 Å². The largest absolute Gasteiger partial charge is 0.522 e. The van der Waals surface area contributed by atoms with Crippen LogP contribution in [0.4, 0.5) is 13.2 Å². The molecule has 6 rings (SSSR count). The zero-order chi connectivity index (χ0) is 34.5. The van der Waals surface area contributed by atoms with Crippen molar-refractivity contribution >= 4 is 39.1 Å². The lowest BCUT2D eigenvalue weighted by molar-refractivity contribution is -0.358. The SMILES string of the molecule is Cc1cc(-c2cc(Cl)ccc2OCCn2c(C)nc3c(c2=O)C[C@@H](N2CC[C@@H](OC(F)(F)F)C(C)(C)C2)CC3)c2scc(C(=O)O)c2n1. The van der Waals surface area contributed by atoms with Gasteiger partial charge in [-0.15, -0.1) is 24.5 Å². The quantitative estimate of drug-likeness (QED) is 0.208. The lowest BCUT2D eigenvalue weighted by Gasteiger charge is -2.47. The number of nitrogens with zero attached hydrogens (tertiary/aromatic N) is 4. The van der Waals surface area contributed by atoms with Gasteiger partial charge in [-0.25, -0.2) is 9.78 Å². The number of thiophene rings is 1. The summed E-state index contributed by atoms with van der Waals surface area (Å²) in [6.45, 7) is 8.46. The third kappa shape index (κ3) is 6.96. The van der Waals surface area contributed by atoms with Gasteiger partial charge in [-0.05, 0) is 63.8 Å². The van der Waals surface area contributed by atoms with Gasteiger partial charge in [-0.2, -0.15) is 0 Å². The van der Waals surface area contributed by atoms with E-state index in [2.05, 4.69) is 14.6 Å². The second kappa shape index (κ2) is 13.1. The zero-order valence-corrected chi connectivity index (χ0v) is 28.6. The molecule has 0 bridgehead atoms. The number of pyridine rings is 1. The molecular formula is C34H36ClF3N4O5S. The van der Waals surface area contributed by atoms with Crippen LogP contribution < -0.4 is 10.3 Å². The molecule has 1 aromatic carbocycles. The maximum absolute atomic E-state index is 13.8. The number of carboxylic acid groups (broad SMARTS) is 1. The van der Waals surface area contributed by atoms with Crippen molar-refractivity contribution in [3.05, 3.63) is 73.4 Å². The highest BCUT2D eigenvalue weighted by molar-refractivity contribution is 7.18. The Labute approximate surface area is 284 Å². The van der Waals surface area contributed by atoms with Crippen molar-refractivity contribution in [1.82, 2.24) is 19.4 Å². The molecule has 2 aliphatic rings. The molecule has 1 aliphatic carbocycles. The number of likely N-dealkylation sites (tertiary alicyclic amines) is 1. The number of benzene rings is 1. The zero-order valence-electron chi connectivity index (χ0n) is 27.0. The second-order valence-corrected chi connectivity index (χ2v) is 14.5. The summed E-state index contributed by atoms with van der Waals surface area (Å²) in [5.74, 6) is 0.0472. The first-order valence-electron chi connectivity index (χ1n) is 15.7. The van der Waals surface area contributed by atoms with E-state index in [0.29, 0.717) is 69.6 Å². The topological polar surface area (TPSA) is 107 Å². The van der Waals surface area contributed by atoms with Crippen LogP contribution in [0, 0.1) is 19.3 Å². The van der Waals surface area contributed by atoms with Crippen molar-refractivity contribution in [2.24, 2.45) is 5.41 Å². The highest BCUT2D eigenvalue weighted by Crippen LogP contribution is 2.41. The van der Waals surface area contributed by atoms with Crippen LogP contribution in [0.25, 0.3) is 21.3 Å². The molecule has 4 aromatic rings. The van der Waals surface area contributed by atoms with E-state index >= 15 is 0 Å². The first-order valence-corrected chi connectivity index (χ1v) is 17.0. The Morgan fingerprint density at radius 1 is 1.17 bits per heavy atom. The smallest absolute Gasteiger partial charge is 0.491 e. The highest BCUT2D eigenvalue weighted by Gasteiger charge is 2.45. The molecule has 0 spiro atoms. The molecule has 0 radical (unpaired) electrons. The summed E-state index contributed by atoms with van der Waals surface area (Å²) in [5, 5.41) is 11.7. The van der Waals surface area contributed by atoms with Crippen LogP contribution in [0.5, 0.6) is 5.75 Å². The molecule has 1 saturated heterocycles. The predicted molar refractivity (Wildman–Crippen MR) is 177 cm³/mol. The first kappa shape index (κ1) is 34.3. The van der Waals surface area contributed by atoms with Gasteiger partial charge < -0.3 is 9.84 Å². The average Bonchev–Trinajstić information content (AvgIpc) is 3.43. The molecule has 4 heterocycles. The summed E-state index contributed by atoms with van der Waals surface area (Å²) in [4.78, 5) is 37.1. The van der Waals surface area contributed by atoms with E-state index in [9.17, 15) is 27.9 Å². The van der Waals surface area contributed by atoms with E-state index in [-0.39, 0.29) is 36.7 Å². The molecule has 1 fully saturated rings. The third-order valence-corrected chi connectivity index (χ3v) is 10.6. The molecule has 48 heavy (non-hydrogen) atoms. The Morgan fingerprint density at radius 2 is 1.94 bits per heavy atom.